The van der Waals surface area contributed by atoms with Gasteiger partial charge in [0.1, 0.15) is 6.33 Å². The van der Waals surface area contributed by atoms with Crippen LogP contribution in [-0.4, -0.2) is 31.6 Å². The predicted molar refractivity (Wildman–Crippen MR) is 69.2 cm³/mol. The number of nitrogens with zero attached hydrogens (tertiary/aromatic N) is 3. The molecule has 5 nitrogen and oxygen atoms in total. The maximum atomic E-state index is 10.6. The number of hydrogen-bond donors (Lipinski definition) is 1. The molecular formula is C12H13N3O2S. The van der Waals surface area contributed by atoms with Crippen molar-refractivity contribution in [3.63, 3.8) is 0 Å². The number of carboxylic acid groups (broad SMARTS) is 1. The van der Waals surface area contributed by atoms with Gasteiger partial charge in [0.2, 0.25) is 0 Å². The van der Waals surface area contributed by atoms with E-state index < -0.39 is 5.97 Å². The van der Waals surface area contributed by atoms with E-state index >= 15 is 0 Å². The number of aryl methyl sites for hydroxylation is 2. The van der Waals surface area contributed by atoms with Gasteiger partial charge < -0.3 is 5.11 Å². The average molecular weight is 263 g/mol. The predicted octanol–water partition coefficient (Wildman–Crippen LogP) is 2.06. The van der Waals surface area contributed by atoms with Gasteiger partial charge in [0, 0.05) is 0 Å². The van der Waals surface area contributed by atoms with E-state index in [2.05, 4.69) is 16.3 Å². The lowest BCUT2D eigenvalue weighted by molar-refractivity contribution is -0.133. The second kappa shape index (κ2) is 5.22. The largest absolute Gasteiger partial charge is 0.481 e. The molecule has 0 fully saturated rings. The number of aliphatic carboxylic acids is 1. The quantitative estimate of drug-likeness (QED) is 0.855. The minimum atomic E-state index is -0.866. The number of thioether (sulfide) groups is 1. The summed E-state index contributed by atoms with van der Waals surface area (Å²) in [5, 5.41) is 17.1. The summed E-state index contributed by atoms with van der Waals surface area (Å²) in [6, 6.07) is 6.06. The van der Waals surface area contributed by atoms with Gasteiger partial charge in [-0.05, 0) is 25.5 Å². The van der Waals surface area contributed by atoms with E-state index in [1.807, 2.05) is 30.5 Å². The third-order valence-corrected chi connectivity index (χ3v) is 3.38. The highest BCUT2D eigenvalue weighted by Crippen LogP contribution is 2.22. The molecule has 1 aromatic carbocycles. The Balaban J connectivity index is 2.33. The molecule has 1 N–H and O–H groups in total. The molecule has 1 heterocycles. The number of rotatable bonds is 4. The summed E-state index contributed by atoms with van der Waals surface area (Å²) in [5.41, 5.74) is 3.26. The number of aromatic nitrogens is 3. The molecule has 2 aromatic rings. The highest BCUT2D eigenvalue weighted by atomic mass is 32.2. The third-order valence-electron chi connectivity index (χ3n) is 2.45. The van der Waals surface area contributed by atoms with Gasteiger partial charge in [-0.1, -0.05) is 29.5 Å². The Hall–Kier alpha value is -1.82. The van der Waals surface area contributed by atoms with Crippen LogP contribution in [0.2, 0.25) is 0 Å². The zero-order valence-electron chi connectivity index (χ0n) is 10.1. The standard InChI is InChI=1S/C12H13N3O2S/c1-8-3-4-10(9(2)5-8)15-7-13-14-12(15)18-6-11(16)17/h3-5,7H,6H2,1-2H3,(H,16,17). The summed E-state index contributed by atoms with van der Waals surface area (Å²) in [6.07, 6.45) is 1.60. The van der Waals surface area contributed by atoms with Crippen molar-refractivity contribution in [1.29, 1.82) is 0 Å². The summed E-state index contributed by atoms with van der Waals surface area (Å²) in [7, 11) is 0. The Labute approximate surface area is 109 Å². The maximum absolute atomic E-state index is 10.6. The van der Waals surface area contributed by atoms with Crippen molar-refractivity contribution in [1.82, 2.24) is 14.8 Å². The summed E-state index contributed by atoms with van der Waals surface area (Å²) >= 11 is 1.16. The molecule has 0 aliphatic rings. The minimum absolute atomic E-state index is 0.0242. The van der Waals surface area contributed by atoms with Crippen LogP contribution in [0.15, 0.2) is 29.7 Å². The molecule has 2 rings (SSSR count). The highest BCUT2D eigenvalue weighted by Gasteiger charge is 2.10. The first-order valence-electron chi connectivity index (χ1n) is 5.40. The first-order valence-corrected chi connectivity index (χ1v) is 6.38. The zero-order chi connectivity index (χ0) is 13.1. The van der Waals surface area contributed by atoms with Crippen molar-refractivity contribution in [3.8, 4) is 5.69 Å². The molecule has 0 spiro atoms. The van der Waals surface area contributed by atoms with Crippen LogP contribution in [0.1, 0.15) is 11.1 Å². The Bertz CT molecular complexity index is 580. The second-order valence-corrected chi connectivity index (χ2v) is 4.90. The first-order chi connectivity index (χ1) is 8.58. The lowest BCUT2D eigenvalue weighted by Gasteiger charge is -2.09. The molecule has 0 aliphatic carbocycles. The van der Waals surface area contributed by atoms with Crippen molar-refractivity contribution in [2.75, 3.05) is 5.75 Å². The summed E-state index contributed by atoms with van der Waals surface area (Å²) in [4.78, 5) is 10.6. The normalized spacial score (nSPS) is 10.6. The van der Waals surface area contributed by atoms with Gasteiger partial charge in [-0.25, -0.2) is 0 Å². The fourth-order valence-electron chi connectivity index (χ4n) is 1.69. The van der Waals surface area contributed by atoms with Gasteiger partial charge in [-0.3, -0.25) is 9.36 Å². The molecule has 0 unspecified atom stereocenters. The van der Waals surface area contributed by atoms with Crippen LogP contribution < -0.4 is 0 Å². The lowest BCUT2D eigenvalue weighted by Crippen LogP contribution is -2.02. The molecular weight excluding hydrogens is 250 g/mol. The first kappa shape index (κ1) is 12.6. The van der Waals surface area contributed by atoms with Gasteiger partial charge in [-0.2, -0.15) is 0 Å². The van der Waals surface area contributed by atoms with Crippen molar-refractivity contribution in [2.45, 2.75) is 19.0 Å². The van der Waals surface area contributed by atoms with E-state index in [0.29, 0.717) is 5.16 Å². The Morgan fingerprint density at radius 3 is 2.89 bits per heavy atom. The number of hydrogen-bond acceptors (Lipinski definition) is 4. The topological polar surface area (TPSA) is 68.0 Å². The number of carboxylic acids is 1. The second-order valence-electron chi connectivity index (χ2n) is 3.96. The van der Waals surface area contributed by atoms with Crippen molar-refractivity contribution in [3.05, 3.63) is 35.7 Å². The van der Waals surface area contributed by atoms with Crippen LogP contribution in [0.4, 0.5) is 0 Å². The summed E-state index contributed by atoms with van der Waals surface area (Å²) in [5.74, 6) is -0.890. The van der Waals surface area contributed by atoms with E-state index in [0.717, 1.165) is 23.0 Å². The fourth-order valence-corrected chi connectivity index (χ4v) is 2.33. The molecule has 0 aliphatic heterocycles. The van der Waals surface area contributed by atoms with Gasteiger partial charge in [0.25, 0.3) is 0 Å². The Morgan fingerprint density at radius 1 is 1.44 bits per heavy atom. The van der Waals surface area contributed by atoms with E-state index in [1.54, 1.807) is 6.33 Å². The summed E-state index contributed by atoms with van der Waals surface area (Å²) in [6.45, 7) is 4.04. The minimum Gasteiger partial charge on any atom is -0.481 e. The number of benzene rings is 1. The van der Waals surface area contributed by atoms with E-state index in [9.17, 15) is 4.79 Å². The highest BCUT2D eigenvalue weighted by molar-refractivity contribution is 7.99. The van der Waals surface area contributed by atoms with E-state index in [-0.39, 0.29) is 5.75 Å². The smallest absolute Gasteiger partial charge is 0.313 e. The van der Waals surface area contributed by atoms with E-state index in [4.69, 9.17) is 5.11 Å². The fraction of sp³-hybridized carbons (Fsp3) is 0.250. The molecule has 1 aromatic heterocycles. The molecule has 0 radical (unpaired) electrons. The third kappa shape index (κ3) is 2.70. The molecule has 0 amide bonds. The van der Waals surface area contributed by atoms with Crippen molar-refractivity contribution < 1.29 is 9.90 Å². The van der Waals surface area contributed by atoms with Gasteiger partial charge >= 0.3 is 5.97 Å². The lowest BCUT2D eigenvalue weighted by atomic mass is 10.1. The van der Waals surface area contributed by atoms with Gasteiger partial charge in [0.05, 0.1) is 11.4 Å². The molecule has 94 valence electrons. The number of carbonyl (C=O) groups is 1. The average Bonchev–Trinajstić information content (AvgIpc) is 2.74. The van der Waals surface area contributed by atoms with Crippen molar-refractivity contribution >= 4 is 17.7 Å². The van der Waals surface area contributed by atoms with Crippen LogP contribution in [0.5, 0.6) is 0 Å². The van der Waals surface area contributed by atoms with Crippen LogP contribution >= 0.6 is 11.8 Å². The van der Waals surface area contributed by atoms with Gasteiger partial charge in [-0.15, -0.1) is 10.2 Å². The Morgan fingerprint density at radius 2 is 2.22 bits per heavy atom. The van der Waals surface area contributed by atoms with Crippen LogP contribution in [0.25, 0.3) is 5.69 Å². The molecule has 0 atom stereocenters. The zero-order valence-corrected chi connectivity index (χ0v) is 10.9. The monoisotopic (exact) mass is 263 g/mol. The van der Waals surface area contributed by atoms with Crippen molar-refractivity contribution in [2.24, 2.45) is 0 Å². The molecule has 0 saturated carbocycles. The summed E-state index contributed by atoms with van der Waals surface area (Å²) < 4.78 is 1.81. The van der Waals surface area contributed by atoms with E-state index in [1.165, 1.54) is 5.56 Å². The maximum Gasteiger partial charge on any atom is 0.313 e. The molecule has 6 heteroatoms. The van der Waals surface area contributed by atoms with Gasteiger partial charge in [0.15, 0.2) is 5.16 Å². The van der Waals surface area contributed by atoms with Crippen LogP contribution in [0.3, 0.4) is 0 Å². The Kier molecular flexibility index (Phi) is 3.66. The molecule has 0 saturated heterocycles. The SMILES string of the molecule is Cc1ccc(-n2cnnc2SCC(=O)O)c(C)c1. The van der Waals surface area contributed by atoms with Crippen LogP contribution in [0, 0.1) is 13.8 Å². The molecule has 18 heavy (non-hydrogen) atoms. The van der Waals surface area contributed by atoms with Crippen LogP contribution in [-0.2, 0) is 4.79 Å². The molecule has 0 bridgehead atoms.